The summed E-state index contributed by atoms with van der Waals surface area (Å²) in [6, 6.07) is 1.22. The van der Waals surface area contributed by atoms with Crippen LogP contribution in [0.4, 0.5) is 17.6 Å². The first-order chi connectivity index (χ1) is 8.24. The van der Waals surface area contributed by atoms with Crippen molar-refractivity contribution in [3.8, 4) is 11.5 Å². The van der Waals surface area contributed by atoms with Crippen LogP contribution < -0.4 is 14.9 Å². The van der Waals surface area contributed by atoms with Gasteiger partial charge in [0.25, 0.3) is 0 Å². The highest BCUT2D eigenvalue weighted by Gasteiger charge is 2.32. The number of rotatable bonds is 4. The Labute approximate surface area is 99.9 Å². The molecular weight excluding hydrogens is 259 g/mol. The maximum Gasteiger partial charge on any atom is 0.573 e. The van der Waals surface area contributed by atoms with E-state index in [9.17, 15) is 17.6 Å². The van der Waals surface area contributed by atoms with Crippen molar-refractivity contribution in [3.63, 3.8) is 0 Å². The third-order valence-electron chi connectivity index (χ3n) is 1.85. The molecule has 0 saturated carbocycles. The van der Waals surface area contributed by atoms with Crippen LogP contribution in [0.15, 0.2) is 12.1 Å². The van der Waals surface area contributed by atoms with E-state index >= 15 is 0 Å². The quantitative estimate of drug-likeness (QED) is 0.626. The normalized spacial score (nSPS) is 11.3. The number of benzene rings is 1. The highest BCUT2D eigenvalue weighted by molar-refractivity contribution is 6.58. The summed E-state index contributed by atoms with van der Waals surface area (Å²) in [4.78, 5) is 0. The van der Waals surface area contributed by atoms with E-state index in [1.54, 1.807) is 0 Å². The molecule has 1 aromatic carbocycles. The fourth-order valence-corrected chi connectivity index (χ4v) is 1.23. The molecule has 9 heteroatoms. The Balaban J connectivity index is 3.20. The van der Waals surface area contributed by atoms with Crippen molar-refractivity contribution < 1.29 is 37.1 Å². The lowest BCUT2D eigenvalue weighted by Gasteiger charge is -2.13. The lowest BCUT2D eigenvalue weighted by Crippen LogP contribution is -2.33. The maximum absolute atomic E-state index is 13.5. The average Bonchev–Trinajstić information content (AvgIpc) is 2.20. The van der Waals surface area contributed by atoms with Crippen molar-refractivity contribution in [2.24, 2.45) is 0 Å². The largest absolute Gasteiger partial charge is 0.573 e. The third kappa shape index (κ3) is 3.78. The first-order valence-electron chi connectivity index (χ1n) is 4.82. The van der Waals surface area contributed by atoms with E-state index in [0.29, 0.717) is 12.1 Å². The summed E-state index contributed by atoms with van der Waals surface area (Å²) in [6.45, 7) is 1.49. The first kappa shape index (κ1) is 14.6. The van der Waals surface area contributed by atoms with Gasteiger partial charge in [-0.3, -0.25) is 0 Å². The van der Waals surface area contributed by atoms with Gasteiger partial charge in [-0.25, -0.2) is 4.39 Å². The smallest absolute Gasteiger partial charge is 0.491 e. The van der Waals surface area contributed by atoms with E-state index in [2.05, 4.69) is 4.74 Å². The zero-order chi connectivity index (χ0) is 13.9. The molecule has 0 aromatic heterocycles. The van der Waals surface area contributed by atoms with Crippen LogP contribution in [0.3, 0.4) is 0 Å². The van der Waals surface area contributed by atoms with Crippen LogP contribution in [-0.4, -0.2) is 30.1 Å². The van der Waals surface area contributed by atoms with Crippen LogP contribution in [0.5, 0.6) is 11.5 Å². The SMILES string of the molecule is CCOc1cc(OC(F)(F)F)cc(B(O)O)c1F. The predicted molar refractivity (Wildman–Crippen MR) is 54.1 cm³/mol. The molecule has 0 aliphatic heterocycles. The van der Waals surface area contributed by atoms with E-state index in [0.717, 1.165) is 0 Å². The Hall–Kier alpha value is -1.48. The average molecular weight is 268 g/mol. The second-order valence-electron chi connectivity index (χ2n) is 3.18. The molecule has 0 amide bonds. The summed E-state index contributed by atoms with van der Waals surface area (Å²) >= 11 is 0. The highest BCUT2D eigenvalue weighted by atomic mass is 19.4. The van der Waals surface area contributed by atoms with Crippen LogP contribution in [0.2, 0.25) is 0 Å². The Bertz CT molecular complexity index is 422. The summed E-state index contributed by atoms with van der Waals surface area (Å²) in [5.41, 5.74) is -0.764. The molecule has 2 N–H and O–H groups in total. The molecule has 0 saturated heterocycles. The maximum atomic E-state index is 13.5. The van der Waals surface area contributed by atoms with Crippen LogP contribution in [0.25, 0.3) is 0 Å². The molecule has 0 bridgehead atoms. The fourth-order valence-electron chi connectivity index (χ4n) is 1.23. The van der Waals surface area contributed by atoms with E-state index in [-0.39, 0.29) is 6.61 Å². The van der Waals surface area contributed by atoms with Crippen LogP contribution in [0.1, 0.15) is 6.92 Å². The summed E-state index contributed by atoms with van der Waals surface area (Å²) < 4.78 is 57.9. The Kier molecular flexibility index (Phi) is 4.41. The highest BCUT2D eigenvalue weighted by Crippen LogP contribution is 2.27. The van der Waals surface area contributed by atoms with Crippen LogP contribution in [-0.2, 0) is 0 Å². The van der Waals surface area contributed by atoms with Gasteiger partial charge in [-0.1, -0.05) is 0 Å². The van der Waals surface area contributed by atoms with E-state index < -0.39 is 36.3 Å². The minimum absolute atomic E-state index is 0.00659. The molecule has 1 aromatic rings. The minimum atomic E-state index is -4.97. The summed E-state index contributed by atoms with van der Waals surface area (Å²) in [5.74, 6) is -2.50. The van der Waals surface area contributed by atoms with Gasteiger partial charge in [-0.15, -0.1) is 13.2 Å². The van der Waals surface area contributed by atoms with E-state index in [1.165, 1.54) is 6.92 Å². The molecule has 4 nitrogen and oxygen atoms in total. The Morgan fingerprint density at radius 1 is 1.28 bits per heavy atom. The van der Waals surface area contributed by atoms with Gasteiger partial charge in [-0.2, -0.15) is 0 Å². The van der Waals surface area contributed by atoms with Crippen molar-refractivity contribution in [2.75, 3.05) is 6.61 Å². The van der Waals surface area contributed by atoms with Gasteiger partial charge in [0.15, 0.2) is 11.6 Å². The lowest BCUT2D eigenvalue weighted by atomic mass is 9.79. The summed E-state index contributed by atoms with van der Waals surface area (Å²) in [6.07, 6.45) is -4.97. The number of ether oxygens (including phenoxy) is 2. The van der Waals surface area contributed by atoms with E-state index in [1.807, 2.05) is 0 Å². The minimum Gasteiger partial charge on any atom is -0.491 e. The standard InChI is InChI=1S/C9H9BF4O4/c1-2-17-7-4-5(18-9(12,13)14)3-6(8(7)11)10(15)16/h3-4,15-16H,2H2,1H3. The zero-order valence-corrected chi connectivity index (χ0v) is 9.16. The number of alkyl halides is 3. The van der Waals surface area contributed by atoms with Gasteiger partial charge < -0.3 is 19.5 Å². The zero-order valence-electron chi connectivity index (χ0n) is 9.16. The lowest BCUT2D eigenvalue weighted by molar-refractivity contribution is -0.274. The summed E-state index contributed by atoms with van der Waals surface area (Å²) in [7, 11) is -2.28. The molecule has 0 unspecified atom stereocenters. The van der Waals surface area contributed by atoms with Crippen molar-refractivity contribution in [2.45, 2.75) is 13.3 Å². The number of halogens is 4. The molecule has 0 fully saturated rings. The first-order valence-corrected chi connectivity index (χ1v) is 4.82. The molecule has 100 valence electrons. The molecule has 0 aliphatic carbocycles. The van der Waals surface area contributed by atoms with Crippen molar-refractivity contribution in [1.29, 1.82) is 0 Å². The summed E-state index contributed by atoms with van der Waals surface area (Å²) in [5, 5.41) is 17.7. The number of hydrogen-bond acceptors (Lipinski definition) is 4. The Morgan fingerprint density at radius 2 is 1.89 bits per heavy atom. The molecule has 0 aliphatic rings. The molecule has 0 heterocycles. The fraction of sp³-hybridized carbons (Fsp3) is 0.333. The molecule has 0 atom stereocenters. The van der Waals surface area contributed by atoms with E-state index in [4.69, 9.17) is 14.8 Å². The molecule has 0 spiro atoms. The van der Waals surface area contributed by atoms with Gasteiger partial charge in [0, 0.05) is 11.5 Å². The molecule has 0 radical (unpaired) electrons. The van der Waals surface area contributed by atoms with Crippen LogP contribution >= 0.6 is 0 Å². The second kappa shape index (κ2) is 5.45. The van der Waals surface area contributed by atoms with Crippen LogP contribution in [0, 0.1) is 5.82 Å². The Morgan fingerprint density at radius 3 is 2.33 bits per heavy atom. The number of hydrogen-bond donors (Lipinski definition) is 2. The molecule has 1 rings (SSSR count). The molecular formula is C9H9BF4O4. The van der Waals surface area contributed by atoms with Gasteiger partial charge in [-0.05, 0) is 13.0 Å². The van der Waals surface area contributed by atoms with Gasteiger partial charge >= 0.3 is 13.5 Å². The van der Waals surface area contributed by atoms with Crippen molar-refractivity contribution in [1.82, 2.24) is 0 Å². The molecule has 18 heavy (non-hydrogen) atoms. The van der Waals surface area contributed by atoms with Gasteiger partial charge in [0.05, 0.1) is 6.61 Å². The second-order valence-corrected chi connectivity index (χ2v) is 3.18. The third-order valence-corrected chi connectivity index (χ3v) is 1.85. The van der Waals surface area contributed by atoms with Crippen molar-refractivity contribution in [3.05, 3.63) is 17.9 Å². The monoisotopic (exact) mass is 268 g/mol. The van der Waals surface area contributed by atoms with Gasteiger partial charge in [0.2, 0.25) is 0 Å². The topological polar surface area (TPSA) is 58.9 Å². The van der Waals surface area contributed by atoms with Crippen molar-refractivity contribution >= 4 is 12.6 Å². The predicted octanol–water partition coefficient (Wildman–Crippen LogP) is 0.803. The van der Waals surface area contributed by atoms with Gasteiger partial charge in [0.1, 0.15) is 5.75 Å².